The minimum atomic E-state index is -0.763. The summed E-state index contributed by atoms with van der Waals surface area (Å²) in [5.41, 5.74) is -0.651. The van der Waals surface area contributed by atoms with Crippen LogP contribution >= 0.6 is 0 Å². The molecule has 0 aliphatic carbocycles. The molecule has 0 atom stereocenters. The van der Waals surface area contributed by atoms with Gasteiger partial charge >= 0.3 is 11.7 Å². The Hall–Kier alpha value is -2.83. The lowest BCUT2D eigenvalue weighted by molar-refractivity contribution is 0.0593. The molecule has 0 spiro atoms. The Bertz CT molecular complexity index is 727. The summed E-state index contributed by atoms with van der Waals surface area (Å²) in [6.45, 7) is 0.0968. The van der Waals surface area contributed by atoms with Gasteiger partial charge in [0.2, 0.25) is 0 Å². The van der Waals surface area contributed by atoms with E-state index >= 15 is 0 Å². The highest BCUT2D eigenvalue weighted by atomic mass is 16.5. The third kappa shape index (κ3) is 3.19. The summed E-state index contributed by atoms with van der Waals surface area (Å²) in [6.07, 6.45) is 0. The fourth-order valence-electron chi connectivity index (χ4n) is 1.80. The van der Waals surface area contributed by atoms with Crippen molar-refractivity contribution < 1.29 is 14.3 Å². The number of hydrogen-bond donors (Lipinski definition) is 1. The Kier molecular flexibility index (Phi) is 4.22. The third-order valence-electron chi connectivity index (χ3n) is 2.93. The zero-order chi connectivity index (χ0) is 15.4. The number of H-pyrrole nitrogens is 1. The van der Waals surface area contributed by atoms with E-state index in [2.05, 4.69) is 9.72 Å². The van der Waals surface area contributed by atoms with Crippen LogP contribution in [0, 0.1) is 0 Å². The predicted octanol–water partition coefficient (Wildman–Crippen LogP) is 0.380. The van der Waals surface area contributed by atoms with Gasteiger partial charge in [-0.05, 0) is 17.7 Å². The van der Waals surface area contributed by atoms with E-state index in [0.29, 0.717) is 5.75 Å². The molecule has 0 saturated carbocycles. The Morgan fingerprint density at radius 3 is 2.38 bits per heavy atom. The highest BCUT2D eigenvalue weighted by molar-refractivity contribution is 5.86. The molecule has 0 amide bonds. The quantitative estimate of drug-likeness (QED) is 0.822. The first-order valence-electron chi connectivity index (χ1n) is 6.10. The summed E-state index contributed by atoms with van der Waals surface area (Å²) >= 11 is 0. The van der Waals surface area contributed by atoms with E-state index in [-0.39, 0.29) is 12.2 Å². The van der Waals surface area contributed by atoms with E-state index in [0.717, 1.165) is 16.2 Å². The number of carbonyl (C=O) groups excluding carboxylic acids is 1. The molecule has 110 valence electrons. The number of aromatic amines is 1. The topological polar surface area (TPSA) is 90.4 Å². The number of carbonyl (C=O) groups is 1. The minimum Gasteiger partial charge on any atom is -0.497 e. The zero-order valence-corrected chi connectivity index (χ0v) is 11.6. The van der Waals surface area contributed by atoms with Crippen LogP contribution in [0.3, 0.4) is 0 Å². The van der Waals surface area contributed by atoms with Crippen molar-refractivity contribution in [3.63, 3.8) is 0 Å². The molecular weight excluding hydrogens is 276 g/mol. The molecule has 1 N–H and O–H groups in total. The summed E-state index contributed by atoms with van der Waals surface area (Å²) in [5.74, 6) is -0.0816. The van der Waals surface area contributed by atoms with Gasteiger partial charge in [-0.15, -0.1) is 0 Å². The summed E-state index contributed by atoms with van der Waals surface area (Å²) in [7, 11) is 2.72. The molecule has 1 aromatic heterocycles. The number of aromatic nitrogens is 2. The van der Waals surface area contributed by atoms with Gasteiger partial charge < -0.3 is 14.5 Å². The van der Waals surface area contributed by atoms with E-state index < -0.39 is 17.2 Å². The molecule has 0 aliphatic heterocycles. The van der Waals surface area contributed by atoms with Gasteiger partial charge in [0.05, 0.1) is 20.8 Å². The van der Waals surface area contributed by atoms with Gasteiger partial charge in [-0.3, -0.25) is 9.36 Å². The van der Waals surface area contributed by atoms with E-state index in [1.165, 1.54) is 7.11 Å². The van der Waals surface area contributed by atoms with Crippen molar-refractivity contribution >= 4 is 5.97 Å². The van der Waals surface area contributed by atoms with Crippen LogP contribution < -0.4 is 16.0 Å². The number of rotatable bonds is 4. The number of methoxy groups -OCH3 is 2. The van der Waals surface area contributed by atoms with Crippen molar-refractivity contribution in [2.24, 2.45) is 0 Å². The standard InChI is InChI=1S/C14H14N2O5/c1-20-10-5-3-9(4-6-10)8-16-12(17)7-11(13(18)21-2)15-14(16)19/h3-7H,8H2,1-2H3,(H,15,19). The molecule has 0 radical (unpaired) electrons. The van der Waals surface area contributed by atoms with Crippen LogP contribution in [-0.2, 0) is 11.3 Å². The van der Waals surface area contributed by atoms with Crippen LogP contribution in [0.5, 0.6) is 5.75 Å². The van der Waals surface area contributed by atoms with Gasteiger partial charge in [0, 0.05) is 6.07 Å². The van der Waals surface area contributed by atoms with Crippen LogP contribution in [0.1, 0.15) is 16.1 Å². The van der Waals surface area contributed by atoms with Crippen molar-refractivity contribution in [1.82, 2.24) is 9.55 Å². The fraction of sp³-hybridized carbons (Fsp3) is 0.214. The second-order valence-electron chi connectivity index (χ2n) is 4.25. The summed E-state index contributed by atoms with van der Waals surface area (Å²) in [5, 5.41) is 0. The van der Waals surface area contributed by atoms with E-state index in [9.17, 15) is 14.4 Å². The molecule has 2 aromatic rings. The van der Waals surface area contributed by atoms with Crippen LogP contribution in [0.25, 0.3) is 0 Å². The SMILES string of the molecule is COC(=O)c1cc(=O)n(Cc2ccc(OC)cc2)c(=O)[nH]1. The Labute approximate surface area is 119 Å². The zero-order valence-electron chi connectivity index (χ0n) is 11.6. The number of benzene rings is 1. The average molecular weight is 290 g/mol. The van der Waals surface area contributed by atoms with Gasteiger partial charge in [0.15, 0.2) is 0 Å². The van der Waals surface area contributed by atoms with E-state index in [1.807, 2.05) is 0 Å². The maximum absolute atomic E-state index is 11.9. The maximum atomic E-state index is 11.9. The number of hydrogen-bond acceptors (Lipinski definition) is 5. The molecule has 0 fully saturated rings. The molecule has 2 rings (SSSR count). The smallest absolute Gasteiger partial charge is 0.354 e. The molecule has 0 aliphatic rings. The minimum absolute atomic E-state index is 0.0968. The lowest BCUT2D eigenvalue weighted by atomic mass is 10.2. The fourth-order valence-corrected chi connectivity index (χ4v) is 1.80. The first-order valence-corrected chi connectivity index (χ1v) is 6.10. The largest absolute Gasteiger partial charge is 0.497 e. The Morgan fingerprint density at radius 2 is 1.86 bits per heavy atom. The molecule has 1 aromatic carbocycles. The lowest BCUT2D eigenvalue weighted by Gasteiger charge is -2.06. The van der Waals surface area contributed by atoms with Gasteiger partial charge in [-0.2, -0.15) is 0 Å². The first kappa shape index (κ1) is 14.6. The second-order valence-corrected chi connectivity index (χ2v) is 4.25. The van der Waals surface area contributed by atoms with Crippen LogP contribution in [0.2, 0.25) is 0 Å². The third-order valence-corrected chi connectivity index (χ3v) is 2.93. The van der Waals surface area contributed by atoms with E-state index in [4.69, 9.17) is 4.74 Å². The summed E-state index contributed by atoms with van der Waals surface area (Å²) < 4.78 is 10.5. The molecule has 1 heterocycles. The van der Waals surface area contributed by atoms with Gasteiger partial charge in [-0.1, -0.05) is 12.1 Å². The van der Waals surface area contributed by atoms with Gasteiger partial charge in [-0.25, -0.2) is 9.59 Å². The second kappa shape index (κ2) is 6.08. The van der Waals surface area contributed by atoms with Crippen molar-refractivity contribution in [3.8, 4) is 5.75 Å². The molecule has 0 saturated heterocycles. The normalized spacial score (nSPS) is 10.2. The summed E-state index contributed by atoms with van der Waals surface area (Å²) in [6, 6.07) is 8.00. The lowest BCUT2D eigenvalue weighted by Crippen LogP contribution is -2.36. The van der Waals surface area contributed by atoms with Crippen LogP contribution in [-0.4, -0.2) is 29.7 Å². The monoisotopic (exact) mass is 290 g/mol. The molecule has 7 heteroatoms. The van der Waals surface area contributed by atoms with Crippen molar-refractivity contribution in [1.29, 1.82) is 0 Å². The molecule has 21 heavy (non-hydrogen) atoms. The highest BCUT2D eigenvalue weighted by Crippen LogP contribution is 2.11. The van der Waals surface area contributed by atoms with Crippen LogP contribution in [0.15, 0.2) is 39.9 Å². The van der Waals surface area contributed by atoms with Crippen LogP contribution in [0.4, 0.5) is 0 Å². The Morgan fingerprint density at radius 1 is 1.19 bits per heavy atom. The summed E-state index contributed by atoms with van der Waals surface area (Å²) in [4.78, 5) is 37.4. The van der Waals surface area contributed by atoms with Crippen molar-refractivity contribution in [2.75, 3.05) is 14.2 Å². The van der Waals surface area contributed by atoms with Gasteiger partial charge in [0.25, 0.3) is 5.56 Å². The number of ether oxygens (including phenoxy) is 2. The Balaban J connectivity index is 2.34. The number of nitrogens with one attached hydrogen (secondary N) is 1. The number of nitrogens with zero attached hydrogens (tertiary/aromatic N) is 1. The van der Waals surface area contributed by atoms with Crippen molar-refractivity contribution in [3.05, 3.63) is 62.4 Å². The average Bonchev–Trinajstić information content (AvgIpc) is 2.50. The molecule has 7 nitrogen and oxygen atoms in total. The first-order chi connectivity index (χ1) is 10.0. The van der Waals surface area contributed by atoms with E-state index in [1.54, 1.807) is 31.4 Å². The highest BCUT2D eigenvalue weighted by Gasteiger charge is 2.11. The van der Waals surface area contributed by atoms with Gasteiger partial charge in [0.1, 0.15) is 11.4 Å². The predicted molar refractivity (Wildman–Crippen MR) is 74.8 cm³/mol. The maximum Gasteiger partial charge on any atom is 0.354 e. The van der Waals surface area contributed by atoms with Crippen molar-refractivity contribution in [2.45, 2.75) is 6.54 Å². The molecular formula is C14H14N2O5. The molecule has 0 unspecified atom stereocenters. The number of esters is 1. The molecule has 0 bridgehead atoms.